The van der Waals surface area contributed by atoms with Crippen LogP contribution in [0.1, 0.15) is 38.5 Å². The van der Waals surface area contributed by atoms with Crippen LogP contribution >= 0.6 is 0 Å². The summed E-state index contributed by atoms with van der Waals surface area (Å²) in [7, 11) is 1.45. The monoisotopic (exact) mass is 222 g/mol. The Morgan fingerprint density at radius 1 is 1.38 bits per heavy atom. The third kappa shape index (κ3) is 0.994. The number of ether oxygens (including phenoxy) is 1. The number of hydrogen-bond acceptors (Lipinski definition) is 3. The average molecular weight is 222 g/mol. The minimum atomic E-state index is -0.411. The normalized spacial score (nSPS) is 45.6. The summed E-state index contributed by atoms with van der Waals surface area (Å²) < 4.78 is 4.98. The number of carbonyl (C=O) groups excluding carboxylic acids is 2. The predicted octanol–water partition coefficient (Wildman–Crippen LogP) is 1.94. The topological polar surface area (TPSA) is 43.4 Å². The molecule has 0 unspecified atom stereocenters. The summed E-state index contributed by atoms with van der Waals surface area (Å²) in [6, 6.07) is 0. The van der Waals surface area contributed by atoms with Crippen molar-refractivity contribution in [1.29, 1.82) is 0 Å². The van der Waals surface area contributed by atoms with Crippen LogP contribution in [-0.2, 0) is 14.3 Å². The smallest absolute Gasteiger partial charge is 0.312 e. The third-order valence-corrected chi connectivity index (χ3v) is 5.14. The van der Waals surface area contributed by atoms with Crippen LogP contribution in [-0.4, -0.2) is 18.9 Å². The molecule has 0 aromatic rings. The maximum absolute atomic E-state index is 12.1. The van der Waals surface area contributed by atoms with Gasteiger partial charge in [-0.25, -0.2) is 0 Å². The van der Waals surface area contributed by atoms with Gasteiger partial charge in [0, 0.05) is 12.3 Å². The van der Waals surface area contributed by atoms with Crippen molar-refractivity contribution >= 4 is 11.8 Å². The molecule has 3 aliphatic rings. The summed E-state index contributed by atoms with van der Waals surface area (Å²) in [5, 5.41) is 0. The number of carbonyl (C=O) groups is 2. The van der Waals surface area contributed by atoms with Crippen LogP contribution < -0.4 is 0 Å². The zero-order valence-corrected chi connectivity index (χ0v) is 9.70. The molecule has 3 heteroatoms. The summed E-state index contributed by atoms with van der Waals surface area (Å²) >= 11 is 0. The standard InChI is InChI=1S/C13H18O3/c1-16-12(15)13-7-3-6-10(14)11(13)8-4-2-5-9(8)13/h8-9,11H,2-7H2,1H3/t8-,9+,11-,13+/m0/s1. The first-order chi connectivity index (χ1) is 7.71. The summed E-state index contributed by atoms with van der Waals surface area (Å²) in [6.45, 7) is 0. The van der Waals surface area contributed by atoms with Crippen LogP contribution in [0.15, 0.2) is 0 Å². The molecule has 0 bridgehead atoms. The number of Topliss-reactive ketones (excluding diaryl/α,β-unsaturated/α-hetero) is 1. The van der Waals surface area contributed by atoms with E-state index in [1.807, 2.05) is 0 Å². The van der Waals surface area contributed by atoms with Crippen LogP contribution in [0.5, 0.6) is 0 Å². The van der Waals surface area contributed by atoms with E-state index in [0.717, 1.165) is 25.7 Å². The van der Waals surface area contributed by atoms with Gasteiger partial charge >= 0.3 is 5.97 Å². The number of esters is 1. The Balaban J connectivity index is 1.98. The van der Waals surface area contributed by atoms with E-state index in [-0.39, 0.29) is 11.9 Å². The van der Waals surface area contributed by atoms with Crippen molar-refractivity contribution in [2.75, 3.05) is 7.11 Å². The van der Waals surface area contributed by atoms with Crippen molar-refractivity contribution in [3.63, 3.8) is 0 Å². The van der Waals surface area contributed by atoms with Crippen molar-refractivity contribution in [3.8, 4) is 0 Å². The lowest BCUT2D eigenvalue weighted by molar-refractivity contribution is -0.195. The van der Waals surface area contributed by atoms with Gasteiger partial charge in [0.05, 0.1) is 12.5 Å². The average Bonchev–Trinajstić information content (AvgIpc) is 2.68. The van der Waals surface area contributed by atoms with Gasteiger partial charge < -0.3 is 4.74 Å². The van der Waals surface area contributed by atoms with Crippen molar-refractivity contribution in [1.82, 2.24) is 0 Å². The summed E-state index contributed by atoms with van der Waals surface area (Å²) in [6.07, 6.45) is 5.85. The Kier molecular flexibility index (Phi) is 2.13. The number of ketones is 1. The lowest BCUT2D eigenvalue weighted by atomic mass is 9.43. The Morgan fingerprint density at radius 2 is 2.19 bits per heavy atom. The Morgan fingerprint density at radius 3 is 2.94 bits per heavy atom. The molecule has 0 aliphatic heterocycles. The fourth-order valence-electron chi connectivity index (χ4n) is 4.67. The zero-order valence-electron chi connectivity index (χ0n) is 9.70. The van der Waals surface area contributed by atoms with Gasteiger partial charge in [-0.05, 0) is 37.5 Å². The number of methoxy groups -OCH3 is 1. The van der Waals surface area contributed by atoms with Crippen LogP contribution in [0.25, 0.3) is 0 Å². The van der Waals surface area contributed by atoms with Gasteiger partial charge in [-0.1, -0.05) is 6.42 Å². The molecule has 88 valence electrons. The first-order valence-electron chi connectivity index (χ1n) is 6.33. The molecule has 3 fully saturated rings. The van der Waals surface area contributed by atoms with Crippen molar-refractivity contribution in [2.45, 2.75) is 38.5 Å². The molecule has 4 atom stereocenters. The molecule has 3 rings (SSSR count). The fraction of sp³-hybridized carbons (Fsp3) is 0.846. The summed E-state index contributed by atoms with van der Waals surface area (Å²) in [5.74, 6) is 1.13. The molecule has 0 spiro atoms. The highest BCUT2D eigenvalue weighted by atomic mass is 16.5. The Hall–Kier alpha value is -0.860. The van der Waals surface area contributed by atoms with E-state index < -0.39 is 5.41 Å². The molecule has 0 heterocycles. The lowest BCUT2D eigenvalue weighted by Crippen LogP contribution is -2.63. The molecule has 0 N–H and O–H groups in total. The van der Waals surface area contributed by atoms with E-state index in [0.29, 0.717) is 24.0 Å². The van der Waals surface area contributed by atoms with Crippen LogP contribution in [0.2, 0.25) is 0 Å². The number of hydrogen-bond donors (Lipinski definition) is 0. The van der Waals surface area contributed by atoms with Crippen molar-refractivity contribution in [3.05, 3.63) is 0 Å². The molecular formula is C13H18O3. The maximum Gasteiger partial charge on any atom is 0.312 e. The first kappa shape index (κ1) is 10.3. The van der Waals surface area contributed by atoms with Gasteiger partial charge in [-0.3, -0.25) is 9.59 Å². The summed E-state index contributed by atoms with van der Waals surface area (Å²) in [5.41, 5.74) is -0.411. The van der Waals surface area contributed by atoms with E-state index in [1.165, 1.54) is 13.5 Å². The quantitative estimate of drug-likeness (QED) is 0.637. The minimum absolute atomic E-state index is 0.00111. The highest BCUT2D eigenvalue weighted by molar-refractivity contribution is 5.93. The highest BCUT2D eigenvalue weighted by Gasteiger charge is 2.70. The van der Waals surface area contributed by atoms with Crippen LogP contribution in [0.3, 0.4) is 0 Å². The predicted molar refractivity (Wildman–Crippen MR) is 57.6 cm³/mol. The second kappa shape index (κ2) is 3.31. The highest BCUT2D eigenvalue weighted by Crippen LogP contribution is 2.67. The SMILES string of the molecule is COC(=O)[C@@]12CCCC(=O)[C@@H]1[C@H]1CCC[C@H]12. The molecule has 0 amide bonds. The second-order valence-electron chi connectivity index (χ2n) is 5.53. The second-order valence-corrected chi connectivity index (χ2v) is 5.53. The van der Waals surface area contributed by atoms with E-state index in [4.69, 9.17) is 4.74 Å². The fourth-order valence-corrected chi connectivity index (χ4v) is 4.67. The first-order valence-corrected chi connectivity index (χ1v) is 6.33. The maximum atomic E-state index is 12.1. The van der Waals surface area contributed by atoms with Gasteiger partial charge in [-0.2, -0.15) is 0 Å². The van der Waals surface area contributed by atoms with Gasteiger partial charge in [-0.15, -0.1) is 0 Å². The largest absolute Gasteiger partial charge is 0.469 e. The van der Waals surface area contributed by atoms with E-state index in [9.17, 15) is 9.59 Å². The van der Waals surface area contributed by atoms with Crippen LogP contribution in [0.4, 0.5) is 0 Å². The van der Waals surface area contributed by atoms with E-state index in [2.05, 4.69) is 0 Å². The minimum Gasteiger partial charge on any atom is -0.469 e. The molecule has 0 aromatic heterocycles. The molecule has 0 saturated heterocycles. The molecular weight excluding hydrogens is 204 g/mol. The molecule has 0 radical (unpaired) electrons. The Labute approximate surface area is 95.5 Å². The Bertz CT molecular complexity index is 349. The van der Waals surface area contributed by atoms with Crippen LogP contribution in [0, 0.1) is 23.2 Å². The van der Waals surface area contributed by atoms with Crippen molar-refractivity contribution < 1.29 is 14.3 Å². The molecule has 0 aromatic carbocycles. The van der Waals surface area contributed by atoms with Gasteiger partial charge in [0.15, 0.2) is 0 Å². The third-order valence-electron chi connectivity index (χ3n) is 5.14. The molecule has 3 nitrogen and oxygen atoms in total. The van der Waals surface area contributed by atoms with Gasteiger partial charge in [0.1, 0.15) is 5.78 Å². The number of rotatable bonds is 1. The van der Waals surface area contributed by atoms with E-state index in [1.54, 1.807) is 0 Å². The van der Waals surface area contributed by atoms with Crippen molar-refractivity contribution in [2.24, 2.45) is 23.2 Å². The molecule has 3 aliphatic carbocycles. The molecule has 3 saturated carbocycles. The van der Waals surface area contributed by atoms with Gasteiger partial charge in [0.25, 0.3) is 0 Å². The molecule has 16 heavy (non-hydrogen) atoms. The lowest BCUT2D eigenvalue weighted by Gasteiger charge is -2.58. The zero-order chi connectivity index (χ0) is 11.3. The summed E-state index contributed by atoms with van der Waals surface area (Å²) in [4.78, 5) is 24.1. The van der Waals surface area contributed by atoms with E-state index >= 15 is 0 Å². The van der Waals surface area contributed by atoms with Gasteiger partial charge in [0.2, 0.25) is 0 Å². The number of fused-ring (bicyclic) bond motifs is 4.